The van der Waals surface area contributed by atoms with E-state index in [1.165, 1.54) is 33.6 Å². The van der Waals surface area contributed by atoms with E-state index in [4.69, 9.17) is 12.1 Å². The van der Waals surface area contributed by atoms with E-state index in [0.29, 0.717) is 28.3 Å². The van der Waals surface area contributed by atoms with Crippen LogP contribution in [0, 0.1) is 31.3 Å². The minimum absolute atomic E-state index is 0.00198. The van der Waals surface area contributed by atoms with Crippen LogP contribution in [0.25, 0.3) is 0 Å². The van der Waals surface area contributed by atoms with Crippen LogP contribution in [-0.4, -0.2) is 37.5 Å². The number of aryl methyl sites for hydroxylation is 1. The Bertz CT molecular complexity index is 1980. The molecule has 0 unspecified atom stereocenters. The number of carboxylic acid groups (broad SMARTS) is 1. The van der Waals surface area contributed by atoms with Crippen molar-refractivity contribution < 1.29 is 28.2 Å². The molecule has 258 valence electrons. The summed E-state index contributed by atoms with van der Waals surface area (Å²) in [7, 11) is 5.79. The van der Waals surface area contributed by atoms with Crippen LogP contribution in [0.15, 0.2) is 66.7 Å². The summed E-state index contributed by atoms with van der Waals surface area (Å²) < 4.78 is 37.7. The van der Waals surface area contributed by atoms with E-state index >= 15 is 8.78 Å². The Hall–Kier alpha value is -4.88. The zero-order chi connectivity index (χ0) is 36.3. The van der Waals surface area contributed by atoms with Gasteiger partial charge < -0.3 is 5.11 Å². The molecule has 1 fully saturated rings. The van der Waals surface area contributed by atoms with Crippen molar-refractivity contribution >= 4 is 30.6 Å². The first-order valence-electron chi connectivity index (χ1n) is 16.9. The van der Waals surface area contributed by atoms with E-state index in [1.54, 1.807) is 51.1 Å². The summed E-state index contributed by atoms with van der Waals surface area (Å²) in [5, 5.41) is 9.74. The van der Waals surface area contributed by atoms with Crippen LogP contribution in [-0.2, 0) is 23.3 Å². The van der Waals surface area contributed by atoms with Crippen molar-refractivity contribution in [2.24, 2.45) is 0 Å². The first-order chi connectivity index (χ1) is 23.7. The monoisotopic (exact) mass is 676 g/mol. The average Bonchev–Trinajstić information content (AvgIpc) is 3.92. The van der Waals surface area contributed by atoms with Gasteiger partial charge in [0.25, 0.3) is 0 Å². The third-order valence-corrected chi connectivity index (χ3v) is 9.24. The summed E-state index contributed by atoms with van der Waals surface area (Å²) in [5.74, 6) is 0.138. The molecule has 1 amide bonds. The topological polar surface area (TPSA) is 70.1 Å². The van der Waals surface area contributed by atoms with Gasteiger partial charge in [0.05, 0.1) is 0 Å². The molecule has 9 heteroatoms. The number of carboxylic acids is 1. The number of hydrogen-bond acceptors (Lipinski definition) is 4. The summed E-state index contributed by atoms with van der Waals surface area (Å²) in [6, 6.07) is 19.2. The van der Waals surface area contributed by atoms with Crippen LogP contribution in [0.2, 0.25) is 0 Å². The number of carbonyl (C=O) groups excluding carboxylic acids is 1. The summed E-state index contributed by atoms with van der Waals surface area (Å²) >= 11 is 0. The molecule has 4 aromatic rings. The van der Waals surface area contributed by atoms with Gasteiger partial charge in [-0.3, -0.25) is 0 Å². The van der Waals surface area contributed by atoms with Crippen molar-refractivity contribution in [3.63, 3.8) is 0 Å². The Balaban J connectivity index is 1.65. The van der Waals surface area contributed by atoms with Crippen LogP contribution in [0.3, 0.4) is 0 Å². The fraction of sp³-hybridized carbons (Fsp3) is 0.341. The van der Waals surface area contributed by atoms with Crippen molar-refractivity contribution in [2.75, 3.05) is 23.0 Å². The van der Waals surface area contributed by atoms with Gasteiger partial charge in [-0.2, -0.15) is 0 Å². The van der Waals surface area contributed by atoms with Gasteiger partial charge >= 0.3 is 227 Å². The molecule has 0 saturated heterocycles. The maximum atomic E-state index is 16.0. The third-order valence-electron chi connectivity index (χ3n) is 9.24. The van der Waals surface area contributed by atoms with Gasteiger partial charge in [0.2, 0.25) is 0 Å². The first-order valence-corrected chi connectivity index (χ1v) is 16.9. The number of benzene rings is 4. The summed E-state index contributed by atoms with van der Waals surface area (Å²) in [6.07, 6.45) is 2.20. The van der Waals surface area contributed by atoms with Gasteiger partial charge in [-0.1, -0.05) is 26.8 Å². The van der Waals surface area contributed by atoms with Crippen LogP contribution in [0.4, 0.5) is 20.2 Å². The number of halogens is 2. The number of carbonyl (C=O) groups is 2. The molecule has 50 heavy (non-hydrogen) atoms. The average molecular weight is 677 g/mol. The second-order valence-corrected chi connectivity index (χ2v) is 14.0. The van der Waals surface area contributed by atoms with E-state index in [0.717, 1.165) is 24.0 Å². The van der Waals surface area contributed by atoms with Crippen molar-refractivity contribution in [1.29, 1.82) is 0 Å². The molecule has 0 bridgehead atoms. The third kappa shape index (κ3) is 8.11. The summed E-state index contributed by atoms with van der Waals surface area (Å²) in [5.41, 5.74) is 4.97. The van der Waals surface area contributed by atoms with E-state index in [9.17, 15) is 14.7 Å². The van der Waals surface area contributed by atoms with Gasteiger partial charge in [-0.25, -0.2) is 4.79 Å². The Morgan fingerprint density at radius 3 is 2.36 bits per heavy atom. The molecule has 1 saturated carbocycles. The fourth-order valence-corrected chi connectivity index (χ4v) is 6.11. The van der Waals surface area contributed by atoms with Crippen molar-refractivity contribution in [3.8, 4) is 11.6 Å². The normalized spacial score (nSPS) is 12.8. The van der Waals surface area contributed by atoms with E-state index < -0.39 is 30.1 Å². The van der Waals surface area contributed by atoms with Gasteiger partial charge in [0.15, 0.2) is 0 Å². The minimum atomic E-state index is -1.14. The Morgan fingerprint density at radius 1 is 1.00 bits per heavy atom. The molecule has 1 N–H and O–H groups in total. The number of hydrogen-bond donors (Lipinski definition) is 1. The quantitative estimate of drug-likeness (QED) is 0.152. The standard InChI is InChI=1S/C41H43BF2N2O4/c1-7-50-36-20-29(40(48)49)14-15-35(36)46(22-27-17-32(28-12-13-28)19-33(18-27)41(4,5)6)37(47)24-45(23-31-11-9-8-10-30(31)21-42)39-34(43)16-25(2)26(3)38(39)44/h8-11,14-20,28H,7,12-13,22-24H2,1-6H3,(H,48,49). The number of rotatable bonds is 12. The van der Waals surface area contributed by atoms with E-state index in [2.05, 4.69) is 44.8 Å². The summed E-state index contributed by atoms with van der Waals surface area (Å²) in [6.45, 7) is 11.3. The molecular formula is C41H43BF2N2O4. The van der Waals surface area contributed by atoms with E-state index in [-0.39, 0.29) is 47.7 Å². The number of amides is 1. The molecule has 0 radical (unpaired) electrons. The Labute approximate surface area is 294 Å². The van der Waals surface area contributed by atoms with Gasteiger partial charge in [-0.15, -0.1) is 0 Å². The predicted octanol–water partition coefficient (Wildman–Crippen LogP) is 8.57. The van der Waals surface area contributed by atoms with Gasteiger partial charge in [0.1, 0.15) is 0 Å². The molecule has 0 atom stereocenters. The number of nitrogens with zero attached hydrogens (tertiary/aromatic N) is 2. The number of ether oxygens (including phenoxy) is 1. The molecule has 6 nitrogen and oxygen atoms in total. The molecule has 0 aromatic heterocycles. The molecule has 0 spiro atoms. The molecule has 5 rings (SSSR count). The Morgan fingerprint density at radius 2 is 1.72 bits per heavy atom. The zero-order valence-electron chi connectivity index (χ0n) is 29.6. The van der Waals surface area contributed by atoms with Crippen molar-refractivity contribution in [1.82, 2.24) is 0 Å². The maximum absolute atomic E-state index is 16.0. The first kappa shape index (κ1) is 36.4. The van der Waals surface area contributed by atoms with Crippen LogP contribution in [0.1, 0.15) is 95.8 Å². The summed E-state index contributed by atoms with van der Waals surface area (Å²) in [4.78, 5) is 29.6. The molecule has 0 aliphatic heterocycles. The molecule has 1 aliphatic rings. The van der Waals surface area contributed by atoms with Crippen LogP contribution >= 0.6 is 0 Å². The van der Waals surface area contributed by atoms with Crippen LogP contribution in [0.5, 0.6) is 5.75 Å². The number of aromatic carboxylic acids is 1. The molecular weight excluding hydrogens is 633 g/mol. The van der Waals surface area contributed by atoms with Gasteiger partial charge in [-0.05, 0) is 31.1 Å². The van der Waals surface area contributed by atoms with Crippen molar-refractivity contribution in [2.45, 2.75) is 78.8 Å². The molecule has 0 heterocycles. The zero-order valence-corrected chi connectivity index (χ0v) is 29.6. The van der Waals surface area contributed by atoms with Crippen LogP contribution < -0.4 is 14.5 Å². The van der Waals surface area contributed by atoms with E-state index in [1.807, 2.05) is 0 Å². The second kappa shape index (κ2) is 14.9. The fourth-order valence-electron chi connectivity index (χ4n) is 6.11. The predicted molar refractivity (Wildman–Crippen MR) is 195 cm³/mol. The molecule has 1 aliphatic carbocycles. The second-order valence-electron chi connectivity index (χ2n) is 14.0. The molecule has 4 aromatic carbocycles. The SMILES string of the molecule is B#Cc1ccccc1CN(CC(=O)N(Cc1cc(C2CC2)cc(C(C)(C)C)c1)c1ccc(C(=O)O)cc1OCC)c1c(F)cc(C)c(C)c1F. The van der Waals surface area contributed by atoms with Gasteiger partial charge in [0, 0.05) is 0 Å². The van der Waals surface area contributed by atoms with Crippen molar-refractivity contribution in [3.05, 3.63) is 123 Å². The Kier molecular flexibility index (Phi) is 10.9. The number of anilines is 2.